The van der Waals surface area contributed by atoms with E-state index in [0.717, 1.165) is 11.2 Å². The van der Waals surface area contributed by atoms with Crippen LogP contribution in [-0.4, -0.2) is 61.5 Å². The Labute approximate surface area is 138 Å². The molecule has 1 saturated heterocycles. The maximum atomic E-state index is 12.9. The van der Waals surface area contributed by atoms with E-state index in [1.165, 1.54) is 0 Å². The monoisotopic (exact) mass is 326 g/mol. The predicted molar refractivity (Wildman–Crippen MR) is 85.6 cm³/mol. The van der Waals surface area contributed by atoms with Crippen molar-refractivity contribution in [1.82, 2.24) is 29.3 Å². The fourth-order valence-electron chi connectivity index (χ4n) is 3.23. The minimum atomic E-state index is -0.0809. The lowest BCUT2D eigenvalue weighted by molar-refractivity contribution is 0.0714. The van der Waals surface area contributed by atoms with Crippen molar-refractivity contribution in [2.45, 2.75) is 12.0 Å². The Balaban J connectivity index is 1.58. The van der Waals surface area contributed by atoms with Gasteiger partial charge in [0.15, 0.2) is 0 Å². The number of likely N-dealkylation sites (tertiary alicyclic amines) is 1. The molecule has 1 amide bonds. The number of aryl methyl sites for hydroxylation is 1. The van der Waals surface area contributed by atoms with Gasteiger partial charge in [0.2, 0.25) is 0 Å². The summed E-state index contributed by atoms with van der Waals surface area (Å²) in [5.74, 6) is 0.0173. The molecule has 0 N–H and O–H groups in total. The highest BCUT2D eigenvalue weighted by atomic mass is 16.5. The molecular formula is C16H18N6O2. The number of hydrogen-bond acceptors (Lipinski definition) is 5. The van der Waals surface area contributed by atoms with Crippen LogP contribution in [0.2, 0.25) is 0 Å². The summed E-state index contributed by atoms with van der Waals surface area (Å²) in [6, 6.07) is 3.72. The first-order valence-corrected chi connectivity index (χ1v) is 7.75. The molecule has 1 fully saturated rings. The molecule has 124 valence electrons. The summed E-state index contributed by atoms with van der Waals surface area (Å²) in [5.41, 5.74) is 2.44. The summed E-state index contributed by atoms with van der Waals surface area (Å²) in [7, 11) is 3.50. The smallest absolute Gasteiger partial charge is 0.255 e. The molecule has 0 saturated carbocycles. The van der Waals surface area contributed by atoms with Crippen LogP contribution in [0.25, 0.3) is 5.52 Å². The van der Waals surface area contributed by atoms with E-state index in [1.807, 2.05) is 40.9 Å². The van der Waals surface area contributed by atoms with Gasteiger partial charge in [-0.15, -0.1) is 5.10 Å². The van der Waals surface area contributed by atoms with Gasteiger partial charge in [-0.25, -0.2) is 4.98 Å². The van der Waals surface area contributed by atoms with Crippen LogP contribution < -0.4 is 0 Å². The van der Waals surface area contributed by atoms with Gasteiger partial charge in [0.05, 0.1) is 41.3 Å². The van der Waals surface area contributed by atoms with Crippen molar-refractivity contribution in [3.63, 3.8) is 0 Å². The maximum absolute atomic E-state index is 12.9. The number of carbonyl (C=O) groups excluding carboxylic acids is 1. The van der Waals surface area contributed by atoms with Gasteiger partial charge in [-0.2, -0.15) is 0 Å². The topological polar surface area (TPSA) is 77.5 Å². The Morgan fingerprint density at radius 3 is 2.92 bits per heavy atom. The molecule has 3 aromatic rings. The summed E-state index contributed by atoms with van der Waals surface area (Å²) in [6.45, 7) is 1.11. The quantitative estimate of drug-likeness (QED) is 0.709. The van der Waals surface area contributed by atoms with E-state index in [0.29, 0.717) is 18.7 Å². The molecule has 2 atom stereocenters. The Morgan fingerprint density at radius 2 is 2.17 bits per heavy atom. The van der Waals surface area contributed by atoms with Crippen LogP contribution in [0.5, 0.6) is 0 Å². The van der Waals surface area contributed by atoms with Gasteiger partial charge in [0.25, 0.3) is 5.91 Å². The number of nitrogens with zero attached hydrogens (tertiary/aromatic N) is 6. The highest BCUT2D eigenvalue weighted by Crippen LogP contribution is 2.29. The first-order chi connectivity index (χ1) is 11.7. The van der Waals surface area contributed by atoms with E-state index >= 15 is 0 Å². The fourth-order valence-corrected chi connectivity index (χ4v) is 3.23. The number of fused-ring (bicyclic) bond motifs is 1. The molecule has 3 aromatic heterocycles. The van der Waals surface area contributed by atoms with Crippen LogP contribution in [0, 0.1) is 0 Å². The number of carbonyl (C=O) groups is 1. The Hall–Kier alpha value is -2.74. The van der Waals surface area contributed by atoms with Crippen LogP contribution in [0.3, 0.4) is 0 Å². The van der Waals surface area contributed by atoms with Crippen molar-refractivity contribution >= 4 is 11.4 Å². The zero-order valence-corrected chi connectivity index (χ0v) is 13.5. The number of pyridine rings is 1. The molecule has 0 aromatic carbocycles. The summed E-state index contributed by atoms with van der Waals surface area (Å²) >= 11 is 0. The number of hydrogen-bond donors (Lipinski definition) is 0. The maximum Gasteiger partial charge on any atom is 0.255 e. The molecule has 8 heteroatoms. The minimum absolute atomic E-state index is 0.0148. The van der Waals surface area contributed by atoms with Crippen molar-refractivity contribution < 1.29 is 9.53 Å². The average Bonchev–Trinajstić information content (AvgIpc) is 3.31. The number of methoxy groups -OCH3 is 1. The van der Waals surface area contributed by atoms with Crippen LogP contribution >= 0.6 is 0 Å². The lowest BCUT2D eigenvalue weighted by Crippen LogP contribution is -2.30. The van der Waals surface area contributed by atoms with Crippen LogP contribution in [-0.2, 0) is 11.8 Å². The van der Waals surface area contributed by atoms with Crippen molar-refractivity contribution in [3.8, 4) is 0 Å². The van der Waals surface area contributed by atoms with E-state index in [1.54, 1.807) is 24.3 Å². The third kappa shape index (κ3) is 2.44. The summed E-state index contributed by atoms with van der Waals surface area (Å²) in [6.07, 6.45) is 7.05. The highest BCUT2D eigenvalue weighted by Gasteiger charge is 2.38. The first-order valence-electron chi connectivity index (χ1n) is 7.75. The lowest BCUT2D eigenvalue weighted by Gasteiger charge is -2.16. The van der Waals surface area contributed by atoms with Crippen LogP contribution in [0.1, 0.15) is 22.0 Å². The molecule has 0 radical (unpaired) electrons. The average molecular weight is 326 g/mol. The van der Waals surface area contributed by atoms with Gasteiger partial charge in [0, 0.05) is 39.6 Å². The van der Waals surface area contributed by atoms with E-state index < -0.39 is 0 Å². The summed E-state index contributed by atoms with van der Waals surface area (Å²) in [5, 5.41) is 8.16. The normalized spacial score (nSPS) is 20.8. The number of rotatable bonds is 3. The minimum Gasteiger partial charge on any atom is -0.379 e. The fraction of sp³-hybridized carbons (Fsp3) is 0.375. The Kier molecular flexibility index (Phi) is 3.53. The van der Waals surface area contributed by atoms with Gasteiger partial charge in [-0.1, -0.05) is 5.21 Å². The van der Waals surface area contributed by atoms with Crippen LogP contribution in [0.4, 0.5) is 0 Å². The molecule has 24 heavy (non-hydrogen) atoms. The van der Waals surface area contributed by atoms with Gasteiger partial charge >= 0.3 is 0 Å². The van der Waals surface area contributed by atoms with E-state index in [9.17, 15) is 4.79 Å². The van der Waals surface area contributed by atoms with E-state index in [2.05, 4.69) is 15.3 Å². The van der Waals surface area contributed by atoms with Crippen molar-refractivity contribution in [2.24, 2.45) is 7.05 Å². The van der Waals surface area contributed by atoms with Crippen LogP contribution in [0.15, 0.2) is 37.1 Å². The molecule has 8 nitrogen and oxygen atoms in total. The molecule has 4 heterocycles. The SMILES string of the molecule is CO[C@@H]1CN(C(=O)c2ccc3cncn3c2)C[C@H]1c1cn(C)nn1. The van der Waals surface area contributed by atoms with Gasteiger partial charge in [-0.3, -0.25) is 9.48 Å². The summed E-state index contributed by atoms with van der Waals surface area (Å²) in [4.78, 5) is 18.7. The molecule has 0 aliphatic carbocycles. The zero-order valence-electron chi connectivity index (χ0n) is 13.5. The van der Waals surface area contributed by atoms with Gasteiger partial charge < -0.3 is 14.0 Å². The first kappa shape index (κ1) is 14.8. The highest BCUT2D eigenvalue weighted by molar-refractivity contribution is 5.94. The number of amides is 1. The van der Waals surface area contributed by atoms with Crippen molar-refractivity contribution in [3.05, 3.63) is 48.3 Å². The second kappa shape index (κ2) is 5.72. The second-order valence-corrected chi connectivity index (χ2v) is 6.05. The largest absolute Gasteiger partial charge is 0.379 e. The lowest BCUT2D eigenvalue weighted by atomic mass is 10.0. The standard InChI is InChI=1S/C16H18N6O2/c1-20-8-14(18-19-20)13-7-21(9-15(13)24-2)16(23)11-3-4-12-5-17-10-22(12)6-11/h3-6,8,10,13,15H,7,9H2,1-2H3/t13-,15+/m0/s1. The molecule has 4 rings (SSSR count). The molecule has 1 aliphatic heterocycles. The summed E-state index contributed by atoms with van der Waals surface area (Å²) < 4.78 is 9.09. The van der Waals surface area contributed by atoms with Gasteiger partial charge in [-0.05, 0) is 12.1 Å². The number of imidazole rings is 1. The van der Waals surface area contributed by atoms with Crippen molar-refractivity contribution in [2.75, 3.05) is 20.2 Å². The predicted octanol–water partition coefficient (Wildman–Crippen LogP) is 0.717. The molecule has 0 bridgehead atoms. The third-order valence-electron chi connectivity index (χ3n) is 4.51. The van der Waals surface area contributed by atoms with E-state index in [4.69, 9.17) is 4.74 Å². The third-order valence-corrected chi connectivity index (χ3v) is 4.51. The molecule has 1 aliphatic rings. The molecular weight excluding hydrogens is 308 g/mol. The van der Waals surface area contributed by atoms with Crippen molar-refractivity contribution in [1.29, 1.82) is 0 Å². The second-order valence-electron chi connectivity index (χ2n) is 6.05. The Bertz CT molecular complexity index is 885. The van der Waals surface area contributed by atoms with Gasteiger partial charge in [0.1, 0.15) is 0 Å². The molecule has 0 spiro atoms. The number of ether oxygens (including phenoxy) is 1. The Morgan fingerprint density at radius 1 is 1.29 bits per heavy atom. The molecule has 0 unspecified atom stereocenters. The van der Waals surface area contributed by atoms with E-state index in [-0.39, 0.29) is 17.9 Å². The number of aromatic nitrogens is 5. The zero-order chi connectivity index (χ0) is 16.7.